The van der Waals surface area contributed by atoms with Gasteiger partial charge in [-0.1, -0.05) is 6.92 Å². The molecular weight excluding hydrogens is 190 g/mol. The molecule has 0 unspecified atom stereocenters. The molecule has 1 saturated carbocycles. The number of carbonyl (C=O) groups excluding carboxylic acids is 1. The molecule has 0 N–H and O–H groups in total. The highest BCUT2D eigenvalue weighted by Crippen LogP contribution is 2.31. The van der Waals surface area contributed by atoms with E-state index < -0.39 is 0 Å². The van der Waals surface area contributed by atoms with Crippen molar-refractivity contribution in [2.45, 2.75) is 45.6 Å². The Hall–Kier alpha value is -1.19. The van der Waals surface area contributed by atoms with E-state index in [1.807, 2.05) is 4.68 Å². The molecular formula is C11H17N3O. The largest absolute Gasteiger partial charge is 0.299 e. The van der Waals surface area contributed by atoms with Gasteiger partial charge in [-0.2, -0.15) is 5.10 Å². The summed E-state index contributed by atoms with van der Waals surface area (Å²) in [4.78, 5) is 15.7. The normalized spacial score (nSPS) is 15.5. The number of Topliss-reactive ketones (excluding diaryl/α,β-unsaturated/α-hetero) is 1. The summed E-state index contributed by atoms with van der Waals surface area (Å²) < 4.78 is 1.90. The lowest BCUT2D eigenvalue weighted by atomic mass is 10.1. The molecule has 1 aliphatic rings. The molecule has 0 aromatic carbocycles. The number of hydrogen-bond acceptors (Lipinski definition) is 3. The van der Waals surface area contributed by atoms with Crippen LogP contribution in [0.4, 0.5) is 0 Å². The second-order valence-electron chi connectivity index (χ2n) is 4.14. The van der Waals surface area contributed by atoms with Crippen LogP contribution in [0.25, 0.3) is 0 Å². The average molecular weight is 207 g/mol. The maximum Gasteiger partial charge on any atom is 0.138 e. The maximum absolute atomic E-state index is 11.5. The Morgan fingerprint density at radius 2 is 2.40 bits per heavy atom. The predicted octanol–water partition coefficient (Wildman–Crippen LogP) is 1.60. The molecule has 1 aromatic heterocycles. The van der Waals surface area contributed by atoms with Crippen LogP contribution in [-0.4, -0.2) is 20.5 Å². The third-order valence-corrected chi connectivity index (χ3v) is 2.76. The Labute approximate surface area is 89.7 Å². The van der Waals surface area contributed by atoms with Gasteiger partial charge >= 0.3 is 0 Å². The zero-order valence-corrected chi connectivity index (χ0v) is 9.15. The van der Waals surface area contributed by atoms with Crippen molar-refractivity contribution >= 4 is 5.78 Å². The summed E-state index contributed by atoms with van der Waals surface area (Å²) in [5.41, 5.74) is 0. The zero-order chi connectivity index (χ0) is 10.7. The van der Waals surface area contributed by atoms with Crippen molar-refractivity contribution in [3.8, 4) is 0 Å². The van der Waals surface area contributed by atoms with Crippen LogP contribution in [0.5, 0.6) is 0 Å². The topological polar surface area (TPSA) is 47.8 Å². The highest BCUT2D eigenvalue weighted by atomic mass is 16.1. The summed E-state index contributed by atoms with van der Waals surface area (Å²) >= 11 is 0. The Bertz CT molecular complexity index is 341. The summed E-state index contributed by atoms with van der Waals surface area (Å²) in [5.74, 6) is 1.72. The third-order valence-electron chi connectivity index (χ3n) is 2.76. The summed E-state index contributed by atoms with van der Waals surface area (Å²) in [6.45, 7) is 3.01. The van der Waals surface area contributed by atoms with Gasteiger partial charge in [0, 0.05) is 25.3 Å². The van der Waals surface area contributed by atoms with E-state index in [4.69, 9.17) is 0 Å². The molecule has 0 spiro atoms. The molecule has 1 aromatic rings. The molecule has 1 aliphatic carbocycles. The summed E-state index contributed by atoms with van der Waals surface area (Å²) in [5, 5.41) is 4.14. The number of nitrogens with zero attached hydrogens (tertiary/aromatic N) is 3. The van der Waals surface area contributed by atoms with E-state index in [9.17, 15) is 4.79 Å². The smallest absolute Gasteiger partial charge is 0.138 e. The summed E-state index contributed by atoms with van der Waals surface area (Å²) in [7, 11) is 0. The number of ketones is 1. The first-order chi connectivity index (χ1) is 7.31. The monoisotopic (exact) mass is 207 g/mol. The maximum atomic E-state index is 11.5. The van der Waals surface area contributed by atoms with Crippen molar-refractivity contribution in [2.24, 2.45) is 5.92 Å². The first-order valence-electron chi connectivity index (χ1n) is 5.70. The molecule has 4 nitrogen and oxygen atoms in total. The lowest BCUT2D eigenvalue weighted by Crippen LogP contribution is -2.09. The van der Waals surface area contributed by atoms with Gasteiger partial charge in [-0.3, -0.25) is 9.48 Å². The van der Waals surface area contributed by atoms with Crippen molar-refractivity contribution in [1.82, 2.24) is 14.8 Å². The molecule has 2 rings (SSSR count). The van der Waals surface area contributed by atoms with E-state index in [1.54, 1.807) is 6.33 Å². The molecule has 0 amide bonds. The number of hydrogen-bond donors (Lipinski definition) is 0. The van der Waals surface area contributed by atoms with Crippen molar-refractivity contribution in [3.05, 3.63) is 12.2 Å². The van der Waals surface area contributed by atoms with Gasteiger partial charge in [0.1, 0.15) is 17.9 Å². The Morgan fingerprint density at radius 1 is 1.60 bits per heavy atom. The van der Waals surface area contributed by atoms with Crippen LogP contribution in [-0.2, 0) is 17.8 Å². The highest BCUT2D eigenvalue weighted by molar-refractivity contribution is 5.83. The first-order valence-corrected chi connectivity index (χ1v) is 5.70. The fourth-order valence-electron chi connectivity index (χ4n) is 1.72. The molecule has 1 heterocycles. The molecule has 0 saturated heterocycles. The number of rotatable bonds is 6. The van der Waals surface area contributed by atoms with Gasteiger partial charge in [0.05, 0.1) is 0 Å². The highest BCUT2D eigenvalue weighted by Gasteiger charge is 2.28. The number of aromatic nitrogens is 3. The zero-order valence-electron chi connectivity index (χ0n) is 9.15. The predicted molar refractivity (Wildman–Crippen MR) is 56.4 cm³/mol. The van der Waals surface area contributed by atoms with Crippen molar-refractivity contribution in [2.75, 3.05) is 0 Å². The van der Waals surface area contributed by atoms with E-state index in [2.05, 4.69) is 17.0 Å². The van der Waals surface area contributed by atoms with Crippen LogP contribution in [0.15, 0.2) is 6.33 Å². The second-order valence-corrected chi connectivity index (χ2v) is 4.14. The minimum atomic E-state index is 0.368. The molecule has 82 valence electrons. The minimum absolute atomic E-state index is 0.368. The lowest BCUT2D eigenvalue weighted by molar-refractivity contribution is -0.120. The Kier molecular flexibility index (Phi) is 3.14. The van der Waals surface area contributed by atoms with Gasteiger partial charge in [-0.25, -0.2) is 4.98 Å². The van der Waals surface area contributed by atoms with Crippen LogP contribution in [0.1, 0.15) is 38.4 Å². The van der Waals surface area contributed by atoms with E-state index in [0.29, 0.717) is 18.1 Å². The Morgan fingerprint density at radius 3 is 3.07 bits per heavy atom. The molecule has 0 atom stereocenters. The fourth-order valence-corrected chi connectivity index (χ4v) is 1.72. The van der Waals surface area contributed by atoms with Gasteiger partial charge in [0.15, 0.2) is 0 Å². The van der Waals surface area contributed by atoms with E-state index in [1.165, 1.54) is 0 Å². The van der Waals surface area contributed by atoms with Crippen LogP contribution in [0, 0.1) is 5.92 Å². The second kappa shape index (κ2) is 4.55. The van der Waals surface area contributed by atoms with Crippen molar-refractivity contribution in [3.63, 3.8) is 0 Å². The Balaban J connectivity index is 1.86. The number of carbonyl (C=O) groups is 1. The third kappa shape index (κ3) is 2.64. The van der Waals surface area contributed by atoms with Gasteiger partial charge < -0.3 is 0 Å². The summed E-state index contributed by atoms with van der Waals surface area (Å²) in [6, 6.07) is 0. The average Bonchev–Trinajstić information content (AvgIpc) is 2.99. The van der Waals surface area contributed by atoms with Gasteiger partial charge in [0.2, 0.25) is 0 Å². The summed E-state index contributed by atoms with van der Waals surface area (Å²) in [6.07, 6.45) is 6.20. The van der Waals surface area contributed by atoms with Crippen LogP contribution in [0.2, 0.25) is 0 Å². The molecule has 0 radical (unpaired) electrons. The molecule has 0 aliphatic heterocycles. The van der Waals surface area contributed by atoms with E-state index >= 15 is 0 Å². The molecule has 0 bridgehead atoms. The molecule has 4 heteroatoms. The van der Waals surface area contributed by atoms with Crippen molar-refractivity contribution < 1.29 is 4.79 Å². The van der Waals surface area contributed by atoms with Crippen LogP contribution >= 0.6 is 0 Å². The SMILES string of the molecule is CCCn1ncnc1CCC(=O)C1CC1. The van der Waals surface area contributed by atoms with Gasteiger partial charge in [-0.15, -0.1) is 0 Å². The minimum Gasteiger partial charge on any atom is -0.299 e. The molecule has 1 fully saturated rings. The van der Waals surface area contributed by atoms with Gasteiger partial charge in [0.25, 0.3) is 0 Å². The van der Waals surface area contributed by atoms with E-state index in [0.717, 1.165) is 38.1 Å². The van der Waals surface area contributed by atoms with Crippen LogP contribution in [0.3, 0.4) is 0 Å². The first kappa shape index (κ1) is 10.3. The van der Waals surface area contributed by atoms with E-state index in [-0.39, 0.29) is 0 Å². The van der Waals surface area contributed by atoms with Gasteiger partial charge in [-0.05, 0) is 19.3 Å². The fraction of sp³-hybridized carbons (Fsp3) is 0.727. The molecule has 15 heavy (non-hydrogen) atoms. The standard InChI is InChI=1S/C11H17N3O/c1-2-7-14-11(12-8-13-14)6-5-10(15)9-3-4-9/h8-9H,2-7H2,1H3. The number of aryl methyl sites for hydroxylation is 2. The van der Waals surface area contributed by atoms with Crippen molar-refractivity contribution in [1.29, 1.82) is 0 Å². The lowest BCUT2D eigenvalue weighted by Gasteiger charge is -2.03. The quantitative estimate of drug-likeness (QED) is 0.711. The van der Waals surface area contributed by atoms with Crippen LogP contribution < -0.4 is 0 Å².